The molecule has 0 spiro atoms. The summed E-state index contributed by atoms with van der Waals surface area (Å²) in [5.74, 6) is 0.0194. The predicted molar refractivity (Wildman–Crippen MR) is 91.5 cm³/mol. The molecule has 0 saturated carbocycles. The molecule has 0 atom stereocenters. The Labute approximate surface area is 141 Å². The second-order valence-corrected chi connectivity index (χ2v) is 6.90. The van der Waals surface area contributed by atoms with E-state index >= 15 is 0 Å². The van der Waals surface area contributed by atoms with Gasteiger partial charge in [0.25, 0.3) is 5.91 Å². The van der Waals surface area contributed by atoms with Gasteiger partial charge >= 0.3 is 0 Å². The van der Waals surface area contributed by atoms with E-state index in [0.29, 0.717) is 31.6 Å². The topological polar surface area (TPSA) is 58.4 Å². The molecule has 0 radical (unpaired) electrons. The zero-order valence-electron chi connectivity index (χ0n) is 14.0. The Kier molecular flexibility index (Phi) is 3.88. The lowest BCUT2D eigenvalue weighted by Crippen LogP contribution is -2.40. The fourth-order valence-corrected chi connectivity index (χ4v) is 3.73. The molecule has 1 fully saturated rings. The maximum atomic E-state index is 12.9. The number of fused-ring (bicyclic) bond motifs is 1. The van der Waals surface area contributed by atoms with Gasteiger partial charge in [0, 0.05) is 24.3 Å². The molecule has 5 nitrogen and oxygen atoms in total. The van der Waals surface area contributed by atoms with Crippen molar-refractivity contribution in [1.82, 2.24) is 14.7 Å². The Morgan fingerprint density at radius 2 is 1.88 bits per heavy atom. The van der Waals surface area contributed by atoms with Gasteiger partial charge in [0.15, 0.2) is 5.69 Å². The van der Waals surface area contributed by atoms with Gasteiger partial charge in [-0.1, -0.05) is 17.7 Å². The van der Waals surface area contributed by atoms with Crippen molar-refractivity contribution in [2.75, 3.05) is 13.1 Å². The van der Waals surface area contributed by atoms with Gasteiger partial charge in [-0.15, -0.1) is 0 Å². The fourth-order valence-electron chi connectivity index (χ4n) is 3.73. The number of aliphatic hydroxyl groups excluding tert-OH is 1. The van der Waals surface area contributed by atoms with Gasteiger partial charge in [-0.25, -0.2) is 4.68 Å². The van der Waals surface area contributed by atoms with Gasteiger partial charge in [0.2, 0.25) is 0 Å². The van der Waals surface area contributed by atoms with E-state index in [-0.39, 0.29) is 12.0 Å². The minimum Gasteiger partial charge on any atom is -0.393 e. The van der Waals surface area contributed by atoms with Gasteiger partial charge in [-0.3, -0.25) is 4.79 Å². The Morgan fingerprint density at radius 3 is 2.58 bits per heavy atom. The standard InChI is InChI=1S/C19H23N3O2/c1-13-5-7-14(8-6-13)22-17-4-2-3-16(17)18(20-22)19(24)21-11-9-15(23)10-12-21/h5-8,15,23H,2-4,9-12H2,1H3. The van der Waals surface area contributed by atoms with E-state index in [4.69, 9.17) is 0 Å². The van der Waals surface area contributed by atoms with Crippen LogP contribution in [-0.4, -0.2) is 44.9 Å². The van der Waals surface area contributed by atoms with Crippen molar-refractivity contribution >= 4 is 5.91 Å². The van der Waals surface area contributed by atoms with E-state index in [1.54, 1.807) is 0 Å². The molecule has 2 heterocycles. The SMILES string of the molecule is Cc1ccc(-n2nc(C(=O)N3CCC(O)CC3)c3c2CCC3)cc1. The first-order chi connectivity index (χ1) is 11.6. The lowest BCUT2D eigenvalue weighted by molar-refractivity contribution is 0.0540. The molecular formula is C19H23N3O2. The lowest BCUT2D eigenvalue weighted by Gasteiger charge is -2.29. The second-order valence-electron chi connectivity index (χ2n) is 6.90. The number of piperidine rings is 1. The van der Waals surface area contributed by atoms with Crippen LogP contribution in [0.15, 0.2) is 24.3 Å². The number of aliphatic hydroxyl groups is 1. The van der Waals surface area contributed by atoms with Crippen molar-refractivity contribution < 1.29 is 9.90 Å². The highest BCUT2D eigenvalue weighted by Crippen LogP contribution is 2.29. The molecular weight excluding hydrogens is 302 g/mol. The lowest BCUT2D eigenvalue weighted by atomic mass is 10.1. The average Bonchev–Trinajstić information content (AvgIpc) is 3.18. The van der Waals surface area contributed by atoms with E-state index in [2.05, 4.69) is 36.3 Å². The monoisotopic (exact) mass is 325 g/mol. The molecule has 5 heteroatoms. The molecule has 1 N–H and O–H groups in total. The Morgan fingerprint density at radius 1 is 1.17 bits per heavy atom. The number of benzene rings is 1. The van der Waals surface area contributed by atoms with Crippen molar-refractivity contribution in [3.63, 3.8) is 0 Å². The number of rotatable bonds is 2. The smallest absolute Gasteiger partial charge is 0.274 e. The second kappa shape index (κ2) is 6.06. The van der Waals surface area contributed by atoms with Crippen LogP contribution in [0.4, 0.5) is 0 Å². The van der Waals surface area contributed by atoms with Crippen molar-refractivity contribution in [1.29, 1.82) is 0 Å². The quantitative estimate of drug-likeness (QED) is 0.921. The number of aromatic nitrogens is 2. The third kappa shape index (κ3) is 2.63. The van der Waals surface area contributed by atoms with E-state index in [9.17, 15) is 9.90 Å². The summed E-state index contributed by atoms with van der Waals surface area (Å²) in [6.07, 6.45) is 4.03. The van der Waals surface area contributed by atoms with Crippen molar-refractivity contribution in [3.05, 3.63) is 46.8 Å². The molecule has 0 bridgehead atoms. The molecule has 24 heavy (non-hydrogen) atoms. The highest BCUT2D eigenvalue weighted by Gasteiger charge is 2.31. The maximum Gasteiger partial charge on any atom is 0.274 e. The third-order valence-electron chi connectivity index (χ3n) is 5.16. The van der Waals surface area contributed by atoms with Gasteiger partial charge in [-0.05, 0) is 51.2 Å². The number of amides is 1. The number of carbonyl (C=O) groups excluding carboxylic acids is 1. The molecule has 1 aliphatic heterocycles. The minimum atomic E-state index is -0.273. The van der Waals surface area contributed by atoms with E-state index in [1.165, 1.54) is 11.3 Å². The Bertz CT molecular complexity index is 756. The van der Waals surface area contributed by atoms with Crippen LogP contribution in [0.25, 0.3) is 5.69 Å². The van der Waals surface area contributed by atoms with E-state index in [0.717, 1.165) is 30.5 Å². The zero-order valence-corrected chi connectivity index (χ0v) is 14.0. The molecule has 2 aliphatic rings. The number of carbonyl (C=O) groups is 1. The molecule has 1 aliphatic carbocycles. The fraction of sp³-hybridized carbons (Fsp3) is 0.474. The number of likely N-dealkylation sites (tertiary alicyclic amines) is 1. The van der Waals surface area contributed by atoms with Crippen LogP contribution < -0.4 is 0 Å². The highest BCUT2D eigenvalue weighted by molar-refractivity contribution is 5.94. The average molecular weight is 325 g/mol. The summed E-state index contributed by atoms with van der Waals surface area (Å²) in [6.45, 7) is 3.30. The first kappa shape index (κ1) is 15.4. The molecule has 4 rings (SSSR count). The van der Waals surface area contributed by atoms with Crippen LogP contribution in [0.5, 0.6) is 0 Å². The maximum absolute atomic E-state index is 12.9. The molecule has 2 aromatic rings. The van der Waals surface area contributed by atoms with Crippen molar-refractivity contribution in [3.8, 4) is 5.69 Å². The minimum absolute atomic E-state index is 0.0194. The molecule has 1 amide bonds. The molecule has 1 saturated heterocycles. The summed E-state index contributed by atoms with van der Waals surface area (Å²) >= 11 is 0. The van der Waals surface area contributed by atoms with Crippen LogP contribution in [0.3, 0.4) is 0 Å². The van der Waals surface area contributed by atoms with Gasteiger partial charge in [-0.2, -0.15) is 5.10 Å². The molecule has 0 unspecified atom stereocenters. The summed E-state index contributed by atoms with van der Waals surface area (Å²) in [5, 5.41) is 14.3. The van der Waals surface area contributed by atoms with E-state index < -0.39 is 0 Å². The normalized spacial score (nSPS) is 18.0. The third-order valence-corrected chi connectivity index (χ3v) is 5.16. The zero-order chi connectivity index (χ0) is 16.7. The number of hydrogen-bond donors (Lipinski definition) is 1. The van der Waals surface area contributed by atoms with E-state index in [1.807, 2.05) is 9.58 Å². The first-order valence-electron chi connectivity index (χ1n) is 8.78. The summed E-state index contributed by atoms with van der Waals surface area (Å²) in [5.41, 5.74) is 5.14. The van der Waals surface area contributed by atoms with Crippen molar-refractivity contribution in [2.45, 2.75) is 45.1 Å². The first-order valence-corrected chi connectivity index (χ1v) is 8.78. The molecule has 1 aromatic carbocycles. The number of hydrogen-bond acceptors (Lipinski definition) is 3. The Balaban J connectivity index is 1.68. The van der Waals surface area contributed by atoms with Crippen LogP contribution >= 0.6 is 0 Å². The molecule has 1 aromatic heterocycles. The Hall–Kier alpha value is -2.14. The van der Waals surface area contributed by atoms with Crippen LogP contribution in [-0.2, 0) is 12.8 Å². The molecule has 126 valence electrons. The van der Waals surface area contributed by atoms with Gasteiger partial charge in [0.1, 0.15) is 0 Å². The van der Waals surface area contributed by atoms with Gasteiger partial charge < -0.3 is 10.0 Å². The highest BCUT2D eigenvalue weighted by atomic mass is 16.3. The predicted octanol–water partition coefficient (Wildman–Crippen LogP) is 2.27. The van der Waals surface area contributed by atoms with Crippen LogP contribution in [0, 0.1) is 6.92 Å². The summed E-state index contributed by atoms with van der Waals surface area (Å²) in [6, 6.07) is 8.27. The van der Waals surface area contributed by atoms with Crippen LogP contribution in [0.1, 0.15) is 46.6 Å². The van der Waals surface area contributed by atoms with Gasteiger partial charge in [0.05, 0.1) is 11.8 Å². The van der Waals surface area contributed by atoms with Crippen LogP contribution in [0.2, 0.25) is 0 Å². The summed E-state index contributed by atoms with van der Waals surface area (Å²) in [4.78, 5) is 14.8. The van der Waals surface area contributed by atoms with Crippen molar-refractivity contribution in [2.24, 2.45) is 0 Å². The number of aryl methyl sites for hydroxylation is 1. The largest absolute Gasteiger partial charge is 0.393 e. The summed E-state index contributed by atoms with van der Waals surface area (Å²) in [7, 11) is 0. The number of nitrogens with zero attached hydrogens (tertiary/aromatic N) is 3. The summed E-state index contributed by atoms with van der Waals surface area (Å²) < 4.78 is 1.95.